The van der Waals surface area contributed by atoms with Gasteiger partial charge in [0, 0.05) is 25.9 Å². The van der Waals surface area contributed by atoms with Crippen molar-refractivity contribution in [3.63, 3.8) is 0 Å². The van der Waals surface area contributed by atoms with Gasteiger partial charge in [-0.1, -0.05) is 41.5 Å². The molecule has 5 aliphatic rings. The maximum atomic E-state index is 13.4. The van der Waals surface area contributed by atoms with Crippen LogP contribution < -0.4 is 0 Å². The van der Waals surface area contributed by atoms with Crippen LogP contribution in [0.15, 0.2) is 0 Å². The smallest absolute Gasteiger partial charge is 0.309 e. The Morgan fingerprint density at radius 2 is 1.60 bits per heavy atom. The highest BCUT2D eigenvalue weighted by atomic mass is 16.5. The number of ketones is 1. The van der Waals surface area contributed by atoms with Crippen LogP contribution in [-0.2, 0) is 14.3 Å². The number of hydrogen-bond donors (Lipinski definition) is 3. The van der Waals surface area contributed by atoms with Gasteiger partial charge in [-0.3, -0.25) is 9.59 Å². The first kappa shape index (κ1) is 37.2. The van der Waals surface area contributed by atoms with Crippen LogP contribution in [0.25, 0.3) is 0 Å². The van der Waals surface area contributed by atoms with E-state index in [-0.39, 0.29) is 59.7 Å². The first-order chi connectivity index (χ1) is 22.3. The fourth-order valence-electron chi connectivity index (χ4n) is 11.6. The molecule has 0 amide bonds. The van der Waals surface area contributed by atoms with Crippen molar-refractivity contribution in [1.29, 1.82) is 0 Å². The van der Waals surface area contributed by atoms with Gasteiger partial charge >= 0.3 is 5.97 Å². The Morgan fingerprint density at radius 3 is 2.28 bits per heavy atom. The molecular formula is C40H69NO6. The highest BCUT2D eigenvalue weighted by Crippen LogP contribution is 2.65. The monoisotopic (exact) mass is 660 g/mol. The van der Waals surface area contributed by atoms with Crippen molar-refractivity contribution in [2.75, 3.05) is 19.6 Å². The normalized spacial score (nSPS) is 39.3. The van der Waals surface area contributed by atoms with Crippen molar-refractivity contribution >= 4 is 11.8 Å². The van der Waals surface area contributed by atoms with E-state index in [4.69, 9.17) is 4.74 Å². The number of hydrogen-bond acceptors (Lipinski definition) is 7. The lowest BCUT2D eigenvalue weighted by Gasteiger charge is -2.59. The molecule has 5 rings (SSSR count). The third-order valence-corrected chi connectivity index (χ3v) is 14.3. The Labute approximate surface area is 286 Å². The van der Waals surface area contributed by atoms with Crippen LogP contribution in [-0.4, -0.2) is 76.0 Å². The van der Waals surface area contributed by atoms with Crippen LogP contribution >= 0.6 is 0 Å². The molecule has 7 heteroatoms. The van der Waals surface area contributed by atoms with Gasteiger partial charge in [-0.05, 0) is 142 Å². The van der Waals surface area contributed by atoms with E-state index in [1.807, 2.05) is 13.8 Å². The van der Waals surface area contributed by atoms with E-state index in [1.165, 1.54) is 12.8 Å². The lowest BCUT2D eigenvalue weighted by molar-refractivity contribution is -0.179. The van der Waals surface area contributed by atoms with Crippen LogP contribution in [0.4, 0.5) is 0 Å². The number of fused-ring (bicyclic) bond motifs is 5. The van der Waals surface area contributed by atoms with Gasteiger partial charge in [0.15, 0.2) is 0 Å². The molecule has 1 aliphatic heterocycles. The van der Waals surface area contributed by atoms with Gasteiger partial charge in [0.2, 0.25) is 0 Å². The number of nitrogens with zero attached hydrogens (tertiary/aromatic N) is 1. The molecular weight excluding hydrogens is 590 g/mol. The zero-order valence-electron chi connectivity index (χ0n) is 30.6. The van der Waals surface area contributed by atoms with E-state index in [0.717, 1.165) is 89.8 Å². The molecule has 0 aromatic carbocycles. The zero-order valence-corrected chi connectivity index (χ0v) is 30.6. The molecule has 270 valence electrons. The number of esters is 1. The van der Waals surface area contributed by atoms with Crippen molar-refractivity contribution in [2.45, 2.75) is 156 Å². The van der Waals surface area contributed by atoms with Crippen molar-refractivity contribution in [1.82, 2.24) is 4.90 Å². The van der Waals surface area contributed by atoms with E-state index >= 15 is 0 Å². The molecule has 1 saturated heterocycles. The summed E-state index contributed by atoms with van der Waals surface area (Å²) in [5, 5.41) is 33.6. The Kier molecular flexibility index (Phi) is 12.6. The SMILES string of the molecule is CC(C)CCCN1CCC(OC(=O)[C@H](CC(=O)CC[C@H](C)[C@@H]2CC[C@@H]3[C@@H]4[C@@H](C[C@@H](O)[C@]32C)[C@@H]2CC[C@H](O)C[C@@H]2C[C@@H]4O)C(C)C)CC1. The summed E-state index contributed by atoms with van der Waals surface area (Å²) < 4.78 is 6.01. The van der Waals surface area contributed by atoms with E-state index in [1.54, 1.807) is 0 Å². The molecule has 0 aromatic heterocycles. The molecule has 7 nitrogen and oxygen atoms in total. The molecule has 0 unspecified atom stereocenters. The van der Waals surface area contributed by atoms with Crippen molar-refractivity contribution in [3.8, 4) is 0 Å². The van der Waals surface area contributed by atoms with Crippen LogP contribution in [0, 0.1) is 64.6 Å². The summed E-state index contributed by atoms with van der Waals surface area (Å²) in [7, 11) is 0. The maximum absolute atomic E-state index is 13.4. The fourth-order valence-corrected chi connectivity index (χ4v) is 11.6. The van der Waals surface area contributed by atoms with Gasteiger partial charge in [-0.25, -0.2) is 0 Å². The zero-order chi connectivity index (χ0) is 34.0. The highest BCUT2D eigenvalue weighted by Gasteiger charge is 2.63. The molecule has 4 saturated carbocycles. The minimum absolute atomic E-state index is 0.0453. The summed E-state index contributed by atoms with van der Waals surface area (Å²) in [6, 6.07) is 0. The third-order valence-electron chi connectivity index (χ3n) is 14.3. The topological polar surface area (TPSA) is 107 Å². The molecule has 4 aliphatic carbocycles. The van der Waals surface area contributed by atoms with Crippen LogP contribution in [0.3, 0.4) is 0 Å². The van der Waals surface area contributed by atoms with Gasteiger partial charge in [-0.2, -0.15) is 0 Å². The fraction of sp³-hybridized carbons (Fsp3) is 0.950. The van der Waals surface area contributed by atoms with E-state index in [2.05, 4.69) is 32.6 Å². The van der Waals surface area contributed by atoms with Crippen molar-refractivity contribution in [2.24, 2.45) is 64.6 Å². The summed E-state index contributed by atoms with van der Waals surface area (Å²) in [4.78, 5) is 29.2. The second-order valence-corrected chi connectivity index (χ2v) is 18.0. The second kappa shape index (κ2) is 15.9. The number of aliphatic hydroxyl groups is 3. The number of aliphatic hydroxyl groups excluding tert-OH is 3. The van der Waals surface area contributed by atoms with E-state index < -0.39 is 12.0 Å². The molecule has 0 aromatic rings. The molecule has 5 fully saturated rings. The Balaban J connectivity index is 1.11. The van der Waals surface area contributed by atoms with Gasteiger partial charge in [0.05, 0.1) is 24.2 Å². The second-order valence-electron chi connectivity index (χ2n) is 18.0. The Bertz CT molecular complexity index is 1040. The van der Waals surface area contributed by atoms with E-state index in [0.29, 0.717) is 36.0 Å². The van der Waals surface area contributed by atoms with Gasteiger partial charge < -0.3 is 25.0 Å². The predicted molar refractivity (Wildman–Crippen MR) is 185 cm³/mol. The Morgan fingerprint density at radius 1 is 0.872 bits per heavy atom. The third kappa shape index (κ3) is 8.31. The van der Waals surface area contributed by atoms with Crippen LogP contribution in [0.2, 0.25) is 0 Å². The number of piperidine rings is 1. The summed E-state index contributed by atoms with van der Waals surface area (Å²) in [5.41, 5.74) is -0.250. The number of Topliss-reactive ketones (excluding diaryl/α,β-unsaturated/α-hetero) is 1. The minimum Gasteiger partial charge on any atom is -0.462 e. The molecule has 3 N–H and O–H groups in total. The number of likely N-dealkylation sites (tertiary alicyclic amines) is 1. The average Bonchev–Trinajstić information content (AvgIpc) is 3.37. The van der Waals surface area contributed by atoms with Crippen molar-refractivity contribution < 1.29 is 29.6 Å². The molecule has 12 atom stereocenters. The maximum Gasteiger partial charge on any atom is 0.309 e. The molecule has 0 spiro atoms. The quantitative estimate of drug-likeness (QED) is 0.190. The molecule has 1 heterocycles. The van der Waals surface area contributed by atoms with E-state index in [9.17, 15) is 24.9 Å². The summed E-state index contributed by atoms with van der Waals surface area (Å²) in [6.07, 6.45) is 10.9. The van der Waals surface area contributed by atoms with Crippen LogP contribution in [0.1, 0.15) is 131 Å². The lowest BCUT2D eigenvalue weighted by atomic mass is 9.47. The predicted octanol–water partition coefficient (Wildman–Crippen LogP) is 6.65. The summed E-state index contributed by atoms with van der Waals surface area (Å²) >= 11 is 0. The minimum atomic E-state index is -0.399. The highest BCUT2D eigenvalue weighted by molar-refractivity contribution is 5.84. The number of rotatable bonds is 13. The molecule has 0 bridgehead atoms. The molecule has 47 heavy (non-hydrogen) atoms. The van der Waals surface area contributed by atoms with Gasteiger partial charge in [0.25, 0.3) is 0 Å². The number of carbonyl (C=O) groups excluding carboxylic acids is 2. The van der Waals surface area contributed by atoms with Crippen molar-refractivity contribution in [3.05, 3.63) is 0 Å². The largest absolute Gasteiger partial charge is 0.462 e. The first-order valence-corrected chi connectivity index (χ1v) is 19.8. The first-order valence-electron chi connectivity index (χ1n) is 19.8. The summed E-state index contributed by atoms with van der Waals surface area (Å²) in [5.74, 6) is 2.68. The number of ether oxygens (including phenoxy) is 1. The lowest BCUT2D eigenvalue weighted by Crippen LogP contribution is -2.59. The average molecular weight is 660 g/mol. The van der Waals surface area contributed by atoms with Gasteiger partial charge in [0.1, 0.15) is 11.9 Å². The van der Waals surface area contributed by atoms with Gasteiger partial charge in [-0.15, -0.1) is 0 Å². The molecule has 0 radical (unpaired) electrons. The number of carbonyl (C=O) groups is 2. The van der Waals surface area contributed by atoms with Crippen LogP contribution in [0.5, 0.6) is 0 Å². The standard InChI is InChI=1S/C40H69NO6/c1-24(2)8-7-17-41-18-15-30(16-19-41)47-39(46)32(25(3)4)22-29(43)10-9-26(5)34-13-14-35-38-33(23-37(45)40(34,35)6)31-12-11-28(42)20-27(31)21-36(38)44/h24-28,30-38,42,44-45H,7-23H2,1-6H3/t26-,27+,28-,31+,32+,33-,34-,35+,36-,37+,38-,40-/m0/s1. The summed E-state index contributed by atoms with van der Waals surface area (Å²) in [6.45, 7) is 16.2. The Hall–Kier alpha value is -1.02.